The van der Waals surface area contributed by atoms with Gasteiger partial charge in [-0.2, -0.15) is 0 Å². The lowest BCUT2D eigenvalue weighted by Crippen LogP contribution is -2.41. The molecule has 4 rings (SSSR count). The lowest BCUT2D eigenvalue weighted by Gasteiger charge is -2.34. The molecule has 0 bridgehead atoms. The summed E-state index contributed by atoms with van der Waals surface area (Å²) in [7, 11) is 3.21. The van der Waals surface area contributed by atoms with Gasteiger partial charge in [0.15, 0.2) is 11.7 Å². The molecule has 2 heterocycles. The van der Waals surface area contributed by atoms with Gasteiger partial charge in [0, 0.05) is 23.3 Å². The van der Waals surface area contributed by atoms with E-state index in [0.717, 1.165) is 11.1 Å². The van der Waals surface area contributed by atoms with Gasteiger partial charge in [-0.1, -0.05) is 0 Å². The van der Waals surface area contributed by atoms with E-state index in [2.05, 4.69) is 0 Å². The van der Waals surface area contributed by atoms with Crippen LogP contribution in [-0.4, -0.2) is 25.9 Å². The zero-order chi connectivity index (χ0) is 15.3. The fourth-order valence-electron chi connectivity index (χ4n) is 3.10. The first-order valence-electron chi connectivity index (χ1n) is 7.04. The van der Waals surface area contributed by atoms with Gasteiger partial charge in [-0.05, 0) is 24.3 Å². The highest BCUT2D eigenvalue weighted by Gasteiger charge is 2.53. The molecule has 114 valence electrons. The molecule has 0 aromatic heterocycles. The highest BCUT2D eigenvalue weighted by atomic mass is 16.5. The first-order chi connectivity index (χ1) is 10.7. The van der Waals surface area contributed by atoms with Crippen molar-refractivity contribution in [2.75, 3.05) is 20.8 Å². The summed E-state index contributed by atoms with van der Waals surface area (Å²) >= 11 is 0. The van der Waals surface area contributed by atoms with E-state index in [0.29, 0.717) is 23.0 Å². The van der Waals surface area contributed by atoms with Crippen molar-refractivity contribution in [3.63, 3.8) is 0 Å². The molecule has 1 N–H and O–H groups in total. The highest BCUT2D eigenvalue weighted by Crippen LogP contribution is 2.54. The number of hydrogen-bond acceptors (Lipinski definition) is 5. The van der Waals surface area contributed by atoms with Crippen molar-refractivity contribution in [3.05, 3.63) is 47.5 Å². The van der Waals surface area contributed by atoms with E-state index in [1.807, 2.05) is 30.3 Å². The Morgan fingerprint density at radius 1 is 1.05 bits per heavy atom. The molecule has 0 fully saturated rings. The predicted octanol–water partition coefficient (Wildman–Crippen LogP) is 2.42. The Morgan fingerprint density at radius 3 is 2.45 bits per heavy atom. The van der Waals surface area contributed by atoms with Crippen LogP contribution < -0.4 is 18.9 Å². The number of methoxy groups -OCH3 is 2. The minimum atomic E-state index is -1.19. The Morgan fingerprint density at radius 2 is 1.73 bits per heavy atom. The van der Waals surface area contributed by atoms with Crippen LogP contribution in [0.15, 0.2) is 36.4 Å². The summed E-state index contributed by atoms with van der Waals surface area (Å²) in [5.74, 6) is 2.70. The number of benzene rings is 2. The molecule has 2 aromatic carbocycles. The molecule has 0 saturated heterocycles. The van der Waals surface area contributed by atoms with Gasteiger partial charge in [-0.25, -0.2) is 0 Å². The van der Waals surface area contributed by atoms with E-state index < -0.39 is 11.7 Å². The normalized spacial score (nSPS) is 24.4. The number of ether oxygens (including phenoxy) is 4. The van der Waals surface area contributed by atoms with Gasteiger partial charge in [-0.3, -0.25) is 0 Å². The van der Waals surface area contributed by atoms with Gasteiger partial charge in [0.05, 0.1) is 14.2 Å². The third kappa shape index (κ3) is 1.69. The summed E-state index contributed by atoms with van der Waals surface area (Å²) < 4.78 is 22.2. The zero-order valence-corrected chi connectivity index (χ0v) is 12.3. The van der Waals surface area contributed by atoms with Gasteiger partial charge in [0.2, 0.25) is 0 Å². The van der Waals surface area contributed by atoms with E-state index >= 15 is 0 Å². The van der Waals surface area contributed by atoms with E-state index in [1.165, 1.54) is 0 Å². The fraction of sp³-hybridized carbons (Fsp3) is 0.294. The van der Waals surface area contributed by atoms with Crippen molar-refractivity contribution in [3.8, 4) is 23.0 Å². The molecule has 5 nitrogen and oxygen atoms in total. The molecule has 2 atom stereocenters. The molecule has 0 saturated carbocycles. The van der Waals surface area contributed by atoms with Crippen LogP contribution in [0.3, 0.4) is 0 Å². The molecule has 0 spiro atoms. The van der Waals surface area contributed by atoms with Gasteiger partial charge in [0.1, 0.15) is 29.6 Å². The first-order valence-corrected chi connectivity index (χ1v) is 7.04. The van der Waals surface area contributed by atoms with Crippen molar-refractivity contribution in [2.45, 2.75) is 11.7 Å². The summed E-state index contributed by atoms with van der Waals surface area (Å²) in [5, 5.41) is 11.1. The third-order valence-electron chi connectivity index (χ3n) is 4.28. The van der Waals surface area contributed by atoms with Gasteiger partial charge >= 0.3 is 0 Å². The second-order valence-electron chi connectivity index (χ2n) is 5.48. The molecule has 22 heavy (non-hydrogen) atoms. The van der Waals surface area contributed by atoms with Crippen molar-refractivity contribution < 1.29 is 24.1 Å². The minimum absolute atomic E-state index is 0.136. The number of hydrogen-bond donors (Lipinski definition) is 1. The maximum Gasteiger partial charge on any atom is 0.168 e. The molecular weight excluding hydrogens is 284 g/mol. The van der Waals surface area contributed by atoms with Crippen LogP contribution in [-0.2, 0) is 5.60 Å². The molecule has 2 aliphatic heterocycles. The van der Waals surface area contributed by atoms with Crippen LogP contribution in [0.1, 0.15) is 17.2 Å². The summed E-state index contributed by atoms with van der Waals surface area (Å²) in [6, 6.07) is 10.9. The zero-order valence-electron chi connectivity index (χ0n) is 12.3. The standard InChI is InChI=1S/C17H16O5/c1-19-10-3-5-12-14(7-10)21-9-17(18)13-6-4-11(20-2)8-15(13)22-16(12)17/h3-8,16,18H,9H2,1-2H3/t16-,17-/m0/s1. The smallest absolute Gasteiger partial charge is 0.168 e. The van der Waals surface area contributed by atoms with Crippen LogP contribution in [0.25, 0.3) is 0 Å². The van der Waals surface area contributed by atoms with Gasteiger partial charge in [-0.15, -0.1) is 0 Å². The molecule has 0 unspecified atom stereocenters. The van der Waals surface area contributed by atoms with Crippen LogP contribution in [0, 0.1) is 0 Å². The third-order valence-corrected chi connectivity index (χ3v) is 4.28. The average Bonchev–Trinajstić information content (AvgIpc) is 2.86. The van der Waals surface area contributed by atoms with E-state index in [4.69, 9.17) is 18.9 Å². The summed E-state index contributed by atoms with van der Waals surface area (Å²) in [5.41, 5.74) is 0.341. The molecule has 2 aliphatic rings. The first kappa shape index (κ1) is 13.3. The Balaban J connectivity index is 1.81. The van der Waals surface area contributed by atoms with Crippen molar-refractivity contribution in [1.82, 2.24) is 0 Å². The van der Waals surface area contributed by atoms with E-state index in [-0.39, 0.29) is 6.61 Å². The van der Waals surface area contributed by atoms with Crippen LogP contribution >= 0.6 is 0 Å². The summed E-state index contributed by atoms with van der Waals surface area (Å²) in [6.45, 7) is 0.136. The molecule has 2 aromatic rings. The number of fused-ring (bicyclic) bond motifs is 5. The Hall–Kier alpha value is -2.40. The summed E-state index contributed by atoms with van der Waals surface area (Å²) in [6.07, 6.45) is -0.496. The molecule has 5 heteroatoms. The second kappa shape index (κ2) is 4.55. The van der Waals surface area contributed by atoms with Crippen molar-refractivity contribution >= 4 is 0 Å². The maximum absolute atomic E-state index is 11.1. The van der Waals surface area contributed by atoms with Crippen molar-refractivity contribution in [1.29, 1.82) is 0 Å². The van der Waals surface area contributed by atoms with Crippen LogP contribution in [0.4, 0.5) is 0 Å². The Kier molecular flexibility index (Phi) is 2.74. The van der Waals surface area contributed by atoms with Crippen molar-refractivity contribution in [2.24, 2.45) is 0 Å². The Labute approximate surface area is 128 Å². The average molecular weight is 300 g/mol. The minimum Gasteiger partial charge on any atom is -0.497 e. The highest BCUT2D eigenvalue weighted by molar-refractivity contribution is 5.54. The lowest BCUT2D eigenvalue weighted by molar-refractivity contribution is -0.0864. The van der Waals surface area contributed by atoms with E-state index in [9.17, 15) is 5.11 Å². The SMILES string of the molecule is COc1ccc2c(c1)OC[C@]1(O)c3ccc(OC)cc3O[C@@H]21. The molecule has 0 aliphatic carbocycles. The molecule has 0 radical (unpaired) electrons. The van der Waals surface area contributed by atoms with Gasteiger partial charge < -0.3 is 24.1 Å². The number of rotatable bonds is 2. The van der Waals surface area contributed by atoms with Gasteiger partial charge in [0.25, 0.3) is 0 Å². The predicted molar refractivity (Wildman–Crippen MR) is 78.7 cm³/mol. The monoisotopic (exact) mass is 300 g/mol. The Bertz CT molecular complexity index is 742. The molecule has 0 amide bonds. The quantitative estimate of drug-likeness (QED) is 0.923. The summed E-state index contributed by atoms with van der Waals surface area (Å²) in [4.78, 5) is 0. The number of aliphatic hydroxyl groups is 1. The topological polar surface area (TPSA) is 57.2 Å². The second-order valence-corrected chi connectivity index (χ2v) is 5.48. The lowest BCUT2D eigenvalue weighted by atomic mass is 9.85. The fourth-order valence-corrected chi connectivity index (χ4v) is 3.10. The maximum atomic E-state index is 11.1. The largest absolute Gasteiger partial charge is 0.497 e. The molecular formula is C17H16O5. The van der Waals surface area contributed by atoms with E-state index in [1.54, 1.807) is 20.3 Å². The van der Waals surface area contributed by atoms with Crippen LogP contribution in [0.5, 0.6) is 23.0 Å². The van der Waals surface area contributed by atoms with Crippen LogP contribution in [0.2, 0.25) is 0 Å².